The van der Waals surface area contributed by atoms with Crippen molar-refractivity contribution in [3.8, 4) is 0 Å². The monoisotopic (exact) mass is 174 g/mol. The van der Waals surface area contributed by atoms with Gasteiger partial charge in [0.15, 0.2) is 0 Å². The Morgan fingerprint density at radius 2 is 2.33 bits per heavy atom. The molecule has 0 aromatic heterocycles. The molecule has 1 rings (SSSR count). The van der Waals surface area contributed by atoms with Crippen molar-refractivity contribution < 1.29 is 14.6 Å². The molecule has 0 saturated carbocycles. The minimum Gasteiger partial charge on any atom is -0.385 e. The lowest BCUT2D eigenvalue weighted by Gasteiger charge is -2.32. The average Bonchev–Trinajstić information content (AvgIpc) is 2.03. The smallest absolute Gasteiger partial charge is 0.111 e. The van der Waals surface area contributed by atoms with Crippen molar-refractivity contribution in [3.05, 3.63) is 0 Å². The third-order valence-electron chi connectivity index (χ3n) is 1.99. The van der Waals surface area contributed by atoms with Crippen LogP contribution in [0.2, 0.25) is 0 Å². The molecule has 0 aromatic carbocycles. The Kier molecular flexibility index (Phi) is 3.50. The Morgan fingerprint density at radius 1 is 1.58 bits per heavy atom. The van der Waals surface area contributed by atoms with Crippen LogP contribution in [0, 0.1) is 0 Å². The van der Waals surface area contributed by atoms with Gasteiger partial charge in [0.05, 0.1) is 19.3 Å². The summed E-state index contributed by atoms with van der Waals surface area (Å²) in [4.78, 5) is 0. The van der Waals surface area contributed by atoms with Gasteiger partial charge in [0.1, 0.15) is 5.60 Å². The molecule has 1 saturated heterocycles. The first-order valence-electron chi connectivity index (χ1n) is 4.54. The summed E-state index contributed by atoms with van der Waals surface area (Å²) in [6.45, 7) is 5.51. The first-order chi connectivity index (χ1) is 5.62. The summed E-state index contributed by atoms with van der Waals surface area (Å²) in [5.41, 5.74) is -0.734. The highest BCUT2D eigenvalue weighted by Crippen LogP contribution is 2.19. The molecule has 1 N–H and O–H groups in total. The summed E-state index contributed by atoms with van der Waals surface area (Å²) in [6.07, 6.45) is 1.90. The molecule has 0 amide bonds. The van der Waals surface area contributed by atoms with E-state index in [1.807, 2.05) is 13.8 Å². The van der Waals surface area contributed by atoms with Gasteiger partial charge in [-0.25, -0.2) is 0 Å². The predicted octanol–water partition coefficient (Wildman–Crippen LogP) is 0.953. The van der Waals surface area contributed by atoms with Crippen molar-refractivity contribution in [3.63, 3.8) is 0 Å². The minimum absolute atomic E-state index is 0.177. The SMILES string of the molecule is CC(C)OCC1(O)CCCOC1. The van der Waals surface area contributed by atoms with Crippen LogP contribution in [0.1, 0.15) is 26.7 Å². The molecule has 3 heteroatoms. The van der Waals surface area contributed by atoms with Gasteiger partial charge in [0.25, 0.3) is 0 Å². The summed E-state index contributed by atoms with van der Waals surface area (Å²) in [7, 11) is 0. The molecule has 1 heterocycles. The molecule has 72 valence electrons. The third-order valence-corrected chi connectivity index (χ3v) is 1.99. The number of rotatable bonds is 3. The standard InChI is InChI=1S/C9H18O3/c1-8(2)12-7-9(10)4-3-5-11-6-9/h8,10H,3-7H2,1-2H3. The molecule has 1 fully saturated rings. The highest BCUT2D eigenvalue weighted by Gasteiger charge is 2.30. The molecule has 1 atom stereocenters. The molecule has 0 radical (unpaired) electrons. The van der Waals surface area contributed by atoms with Gasteiger partial charge < -0.3 is 14.6 Å². The number of hydrogen-bond donors (Lipinski definition) is 1. The maximum atomic E-state index is 9.87. The maximum absolute atomic E-state index is 9.87. The highest BCUT2D eigenvalue weighted by atomic mass is 16.5. The first-order valence-corrected chi connectivity index (χ1v) is 4.54. The van der Waals surface area contributed by atoms with E-state index < -0.39 is 5.60 Å². The van der Waals surface area contributed by atoms with E-state index in [0.29, 0.717) is 13.2 Å². The molecule has 1 unspecified atom stereocenters. The van der Waals surface area contributed by atoms with Crippen LogP contribution < -0.4 is 0 Å². The quantitative estimate of drug-likeness (QED) is 0.692. The van der Waals surface area contributed by atoms with Gasteiger partial charge in [0, 0.05) is 6.61 Å². The Morgan fingerprint density at radius 3 is 2.83 bits per heavy atom. The molecule has 3 nitrogen and oxygen atoms in total. The van der Waals surface area contributed by atoms with Crippen molar-refractivity contribution in [2.24, 2.45) is 0 Å². The molecule has 1 aliphatic rings. The van der Waals surface area contributed by atoms with Gasteiger partial charge in [-0.05, 0) is 26.7 Å². The van der Waals surface area contributed by atoms with Crippen LogP contribution in [-0.2, 0) is 9.47 Å². The van der Waals surface area contributed by atoms with Gasteiger partial charge in [-0.3, -0.25) is 0 Å². The summed E-state index contributed by atoms with van der Waals surface area (Å²) in [5.74, 6) is 0. The topological polar surface area (TPSA) is 38.7 Å². The zero-order valence-electron chi connectivity index (χ0n) is 7.88. The van der Waals surface area contributed by atoms with Gasteiger partial charge in [0.2, 0.25) is 0 Å². The van der Waals surface area contributed by atoms with Crippen molar-refractivity contribution in [1.82, 2.24) is 0 Å². The van der Waals surface area contributed by atoms with E-state index in [9.17, 15) is 5.11 Å². The van der Waals surface area contributed by atoms with Crippen LogP contribution in [0.3, 0.4) is 0 Å². The first kappa shape index (κ1) is 9.96. The Balaban J connectivity index is 2.26. The lowest BCUT2D eigenvalue weighted by molar-refractivity contribution is -0.133. The summed E-state index contributed by atoms with van der Waals surface area (Å²) < 4.78 is 10.5. The van der Waals surface area contributed by atoms with E-state index in [4.69, 9.17) is 9.47 Å². The van der Waals surface area contributed by atoms with E-state index in [1.54, 1.807) is 0 Å². The lowest BCUT2D eigenvalue weighted by Crippen LogP contribution is -2.43. The molecule has 0 spiro atoms. The predicted molar refractivity (Wildman–Crippen MR) is 46.1 cm³/mol. The maximum Gasteiger partial charge on any atom is 0.111 e. The number of aliphatic hydroxyl groups is 1. The summed E-state index contributed by atoms with van der Waals surface area (Å²) in [5, 5.41) is 9.87. The van der Waals surface area contributed by atoms with Crippen LogP contribution in [0.15, 0.2) is 0 Å². The molecule has 1 aliphatic heterocycles. The fourth-order valence-corrected chi connectivity index (χ4v) is 1.27. The third kappa shape index (κ3) is 3.09. The van der Waals surface area contributed by atoms with Crippen molar-refractivity contribution >= 4 is 0 Å². The molecular formula is C9H18O3. The van der Waals surface area contributed by atoms with Gasteiger partial charge >= 0.3 is 0 Å². The van der Waals surface area contributed by atoms with Crippen LogP contribution in [0.5, 0.6) is 0 Å². The normalized spacial score (nSPS) is 31.0. The Labute approximate surface area is 73.7 Å². The van der Waals surface area contributed by atoms with Crippen LogP contribution in [-0.4, -0.2) is 36.6 Å². The number of hydrogen-bond acceptors (Lipinski definition) is 3. The number of ether oxygens (including phenoxy) is 2. The summed E-state index contributed by atoms with van der Waals surface area (Å²) >= 11 is 0. The largest absolute Gasteiger partial charge is 0.385 e. The van der Waals surface area contributed by atoms with Crippen molar-refractivity contribution in [2.45, 2.75) is 38.4 Å². The van der Waals surface area contributed by atoms with E-state index in [2.05, 4.69) is 0 Å². The van der Waals surface area contributed by atoms with Crippen molar-refractivity contribution in [1.29, 1.82) is 0 Å². The minimum atomic E-state index is -0.734. The second kappa shape index (κ2) is 4.21. The van der Waals surface area contributed by atoms with Gasteiger partial charge in [-0.15, -0.1) is 0 Å². The van der Waals surface area contributed by atoms with Gasteiger partial charge in [-0.1, -0.05) is 0 Å². The lowest BCUT2D eigenvalue weighted by atomic mass is 9.98. The molecular weight excluding hydrogens is 156 g/mol. The van der Waals surface area contributed by atoms with E-state index in [0.717, 1.165) is 19.4 Å². The van der Waals surface area contributed by atoms with Gasteiger partial charge in [-0.2, -0.15) is 0 Å². The highest BCUT2D eigenvalue weighted by molar-refractivity contribution is 4.80. The zero-order chi connectivity index (χ0) is 9.03. The van der Waals surface area contributed by atoms with Crippen molar-refractivity contribution in [2.75, 3.05) is 19.8 Å². The second-order valence-corrected chi connectivity index (χ2v) is 3.74. The fraction of sp³-hybridized carbons (Fsp3) is 1.00. The van der Waals surface area contributed by atoms with E-state index in [1.165, 1.54) is 0 Å². The Hall–Kier alpha value is -0.120. The fourth-order valence-electron chi connectivity index (χ4n) is 1.27. The molecule has 0 bridgehead atoms. The van der Waals surface area contributed by atoms with E-state index in [-0.39, 0.29) is 6.10 Å². The van der Waals surface area contributed by atoms with E-state index >= 15 is 0 Å². The van der Waals surface area contributed by atoms with Crippen LogP contribution in [0.25, 0.3) is 0 Å². The zero-order valence-corrected chi connectivity index (χ0v) is 7.88. The molecule has 12 heavy (non-hydrogen) atoms. The average molecular weight is 174 g/mol. The Bertz CT molecular complexity index is 128. The molecule has 0 aliphatic carbocycles. The second-order valence-electron chi connectivity index (χ2n) is 3.74. The van der Waals surface area contributed by atoms with Crippen LogP contribution >= 0.6 is 0 Å². The molecule has 0 aromatic rings. The summed E-state index contributed by atoms with van der Waals surface area (Å²) in [6, 6.07) is 0. The van der Waals surface area contributed by atoms with Crippen LogP contribution in [0.4, 0.5) is 0 Å².